The van der Waals surface area contributed by atoms with Crippen LogP contribution < -0.4 is 0 Å². The number of benzene rings is 2. The van der Waals surface area contributed by atoms with Gasteiger partial charge >= 0.3 is 0 Å². The van der Waals surface area contributed by atoms with Gasteiger partial charge in [0, 0.05) is 31.4 Å². The van der Waals surface area contributed by atoms with E-state index < -0.39 is 0 Å². The number of aromatic nitrogens is 3. The molecule has 180 valence electrons. The molecule has 36 heavy (non-hydrogen) atoms. The lowest BCUT2D eigenvalue weighted by Gasteiger charge is -2.10. The topological polar surface area (TPSA) is 47.8 Å². The number of nitrogens with zero attached hydrogens (tertiary/aromatic N) is 3. The molecule has 7 heteroatoms. The molecule has 3 heterocycles. The number of rotatable bonds is 8. The van der Waals surface area contributed by atoms with Crippen LogP contribution in [0.4, 0.5) is 0 Å². The van der Waals surface area contributed by atoms with Gasteiger partial charge in [0.15, 0.2) is 5.78 Å². The molecule has 0 atom stereocenters. The predicted molar refractivity (Wildman–Crippen MR) is 154 cm³/mol. The highest BCUT2D eigenvalue weighted by Crippen LogP contribution is 2.38. The van der Waals surface area contributed by atoms with Crippen LogP contribution in [0.5, 0.6) is 0 Å². The van der Waals surface area contributed by atoms with E-state index in [-0.39, 0.29) is 5.78 Å². The lowest BCUT2D eigenvalue weighted by atomic mass is 10.2. The Bertz CT molecular complexity index is 1570. The van der Waals surface area contributed by atoms with Crippen molar-refractivity contribution in [2.24, 2.45) is 0 Å². The third-order valence-corrected chi connectivity index (χ3v) is 9.06. The first-order valence-corrected chi connectivity index (χ1v) is 14.1. The number of aryl methyl sites for hydroxylation is 2. The number of hydrogen-bond acceptors (Lipinski definition) is 5. The van der Waals surface area contributed by atoms with Crippen LogP contribution in [0, 0.1) is 6.92 Å². The first-order chi connectivity index (χ1) is 17.5. The fourth-order valence-corrected chi connectivity index (χ4v) is 7.06. The molecule has 5 aromatic rings. The number of thiophene rings is 1. The van der Waals surface area contributed by atoms with Gasteiger partial charge in [0.1, 0.15) is 5.03 Å². The zero-order valence-corrected chi connectivity index (χ0v) is 23.2. The first kappa shape index (κ1) is 24.7. The van der Waals surface area contributed by atoms with Crippen molar-refractivity contribution in [1.82, 2.24) is 14.8 Å². The van der Waals surface area contributed by atoms with E-state index in [9.17, 15) is 4.79 Å². The number of ketones is 1. The van der Waals surface area contributed by atoms with Crippen LogP contribution in [-0.4, -0.2) is 20.5 Å². The number of carbonyl (C=O) groups is 1. The summed E-state index contributed by atoms with van der Waals surface area (Å²) in [5.41, 5.74) is 3.70. The predicted octanol–water partition coefficient (Wildman–Crippen LogP) is 8.55. The van der Waals surface area contributed by atoms with E-state index in [1.165, 1.54) is 4.88 Å². The molecule has 0 fully saturated rings. The van der Waals surface area contributed by atoms with E-state index >= 15 is 0 Å². The molecular formula is C29H24BrN3OS2. The van der Waals surface area contributed by atoms with Crippen LogP contribution in [0.1, 0.15) is 39.2 Å². The summed E-state index contributed by atoms with van der Waals surface area (Å²) in [4.78, 5) is 20.7. The lowest BCUT2D eigenvalue weighted by molar-refractivity contribution is 0.105. The maximum Gasteiger partial charge on any atom is 0.195 e. The van der Waals surface area contributed by atoms with E-state index in [4.69, 9.17) is 5.10 Å². The Morgan fingerprint density at radius 1 is 1.11 bits per heavy atom. The van der Waals surface area contributed by atoms with E-state index in [1.54, 1.807) is 29.2 Å². The molecule has 4 nitrogen and oxygen atoms in total. The first-order valence-electron chi connectivity index (χ1n) is 11.7. The number of pyridine rings is 1. The molecule has 0 aliphatic rings. The summed E-state index contributed by atoms with van der Waals surface area (Å²) in [5, 5.41) is 6.89. The summed E-state index contributed by atoms with van der Waals surface area (Å²) in [5.74, 6) is -0.00214. The highest BCUT2D eigenvalue weighted by atomic mass is 79.9. The van der Waals surface area contributed by atoms with Crippen molar-refractivity contribution >= 4 is 61.8 Å². The average Bonchev–Trinajstić information content (AvgIpc) is 3.42. The van der Waals surface area contributed by atoms with Crippen LogP contribution in [-0.2, 0) is 6.42 Å². The highest BCUT2D eigenvalue weighted by molar-refractivity contribution is 9.10. The van der Waals surface area contributed by atoms with Gasteiger partial charge in [-0.15, -0.1) is 11.3 Å². The number of hydrogen-bond donors (Lipinski definition) is 0. The second-order valence-electron chi connectivity index (χ2n) is 8.31. The summed E-state index contributed by atoms with van der Waals surface area (Å²) in [6.07, 6.45) is 7.39. The van der Waals surface area contributed by atoms with Crippen LogP contribution in [0.2, 0.25) is 0 Å². The lowest BCUT2D eigenvalue weighted by Crippen LogP contribution is -1.98. The molecule has 0 N–H and O–H groups in total. The molecule has 0 saturated heterocycles. The van der Waals surface area contributed by atoms with E-state index in [0.29, 0.717) is 0 Å². The molecule has 0 aliphatic heterocycles. The fraction of sp³-hybridized carbons (Fsp3) is 0.138. The minimum atomic E-state index is -0.00214. The van der Waals surface area contributed by atoms with E-state index in [0.717, 1.165) is 60.0 Å². The zero-order chi connectivity index (χ0) is 25.1. The average molecular weight is 575 g/mol. The number of fused-ring (bicyclic) bond motifs is 1. The van der Waals surface area contributed by atoms with Gasteiger partial charge in [0.05, 0.1) is 21.8 Å². The van der Waals surface area contributed by atoms with Crippen molar-refractivity contribution < 1.29 is 4.79 Å². The summed E-state index contributed by atoms with van der Waals surface area (Å²) in [6.45, 7) is 4.13. The Kier molecular flexibility index (Phi) is 7.51. The SMILES string of the molecule is CCCc1sc(C(=O)/C=C/c2c(C)nn(-c3ccccc3)c2Sc2cccc3cccnc23)cc1Br. The van der Waals surface area contributed by atoms with Gasteiger partial charge in [-0.3, -0.25) is 9.78 Å². The number of halogens is 1. The summed E-state index contributed by atoms with van der Waals surface area (Å²) >= 11 is 6.78. The molecule has 0 unspecified atom stereocenters. The van der Waals surface area contributed by atoms with Gasteiger partial charge in [-0.2, -0.15) is 5.10 Å². The monoisotopic (exact) mass is 573 g/mol. The van der Waals surface area contributed by atoms with Gasteiger partial charge in [-0.05, 0) is 71.8 Å². The van der Waals surface area contributed by atoms with Gasteiger partial charge in [-0.1, -0.05) is 61.5 Å². The molecule has 0 radical (unpaired) electrons. The van der Waals surface area contributed by atoms with Crippen LogP contribution in [0.15, 0.2) is 93.4 Å². The highest BCUT2D eigenvalue weighted by Gasteiger charge is 2.18. The van der Waals surface area contributed by atoms with Crippen LogP contribution in [0.25, 0.3) is 22.7 Å². The molecule has 5 rings (SSSR count). The van der Waals surface area contributed by atoms with E-state index in [2.05, 4.69) is 46.0 Å². The summed E-state index contributed by atoms with van der Waals surface area (Å²) in [6, 6.07) is 22.2. The van der Waals surface area contributed by atoms with Crippen LogP contribution >= 0.6 is 39.0 Å². The van der Waals surface area contributed by atoms with Crippen molar-refractivity contribution in [2.75, 3.05) is 0 Å². The van der Waals surface area contributed by atoms with Crippen molar-refractivity contribution in [3.63, 3.8) is 0 Å². The Labute approximate surface area is 227 Å². The quantitative estimate of drug-likeness (QED) is 0.138. The third-order valence-electron chi connectivity index (χ3n) is 5.74. The molecule has 0 aliphatic carbocycles. The Morgan fingerprint density at radius 2 is 1.92 bits per heavy atom. The molecule has 0 amide bonds. The van der Waals surface area contributed by atoms with Gasteiger partial charge in [-0.25, -0.2) is 4.68 Å². The number of carbonyl (C=O) groups excluding carboxylic acids is 1. The third kappa shape index (κ3) is 5.09. The summed E-state index contributed by atoms with van der Waals surface area (Å²) in [7, 11) is 0. The number of allylic oxidation sites excluding steroid dienone is 1. The van der Waals surface area contributed by atoms with Crippen molar-refractivity contribution in [3.05, 3.63) is 104 Å². The Hall–Kier alpha value is -3.00. The fourth-order valence-electron chi connectivity index (χ4n) is 3.98. The van der Waals surface area contributed by atoms with Gasteiger partial charge < -0.3 is 0 Å². The van der Waals surface area contributed by atoms with Crippen molar-refractivity contribution in [3.8, 4) is 5.69 Å². The minimum absolute atomic E-state index is 0.00214. The van der Waals surface area contributed by atoms with Crippen molar-refractivity contribution in [2.45, 2.75) is 36.6 Å². The zero-order valence-electron chi connectivity index (χ0n) is 19.9. The summed E-state index contributed by atoms with van der Waals surface area (Å²) < 4.78 is 2.96. The van der Waals surface area contributed by atoms with Crippen molar-refractivity contribution in [1.29, 1.82) is 0 Å². The second kappa shape index (κ2) is 10.9. The minimum Gasteiger partial charge on any atom is -0.288 e. The number of para-hydroxylation sites is 2. The van der Waals surface area contributed by atoms with E-state index in [1.807, 2.05) is 72.4 Å². The maximum atomic E-state index is 13.1. The molecule has 0 saturated carbocycles. The normalized spacial score (nSPS) is 11.5. The molecular weight excluding hydrogens is 550 g/mol. The Morgan fingerprint density at radius 3 is 2.72 bits per heavy atom. The molecule has 3 aromatic heterocycles. The molecule has 0 spiro atoms. The largest absolute Gasteiger partial charge is 0.288 e. The van der Waals surface area contributed by atoms with Crippen LogP contribution in [0.3, 0.4) is 0 Å². The Balaban J connectivity index is 1.56. The maximum absolute atomic E-state index is 13.1. The molecule has 0 bridgehead atoms. The smallest absolute Gasteiger partial charge is 0.195 e. The molecule has 2 aromatic carbocycles. The second-order valence-corrected chi connectivity index (χ2v) is 11.3. The van der Waals surface area contributed by atoms with Gasteiger partial charge in [0.2, 0.25) is 0 Å². The standard InChI is InChI=1S/C29H24BrN3OS2/c1-3-9-25-23(30)18-27(35-25)24(34)16-15-22-19(2)32-33(21-12-5-4-6-13-21)29(22)36-26-14-7-10-20-11-8-17-31-28(20)26/h4-8,10-18H,3,9H2,1-2H3/b16-15+. The van der Waals surface area contributed by atoms with Gasteiger partial charge in [0.25, 0.3) is 0 Å².